The minimum Gasteiger partial charge on any atom is -1.00 e. The van der Waals surface area contributed by atoms with Gasteiger partial charge in [0.25, 0.3) is 0 Å². The summed E-state index contributed by atoms with van der Waals surface area (Å²) in [5.74, 6) is 1.66. The molecular weight excluding hydrogens is 264 g/mol. The van der Waals surface area contributed by atoms with E-state index in [-0.39, 0.29) is 40.0 Å². The molecule has 1 aromatic carbocycles. The first-order valence-electron chi connectivity index (χ1n) is 4.79. The Morgan fingerprint density at radius 1 is 1.40 bits per heavy atom. The molecule has 0 aliphatic rings. The molecule has 0 bridgehead atoms. The van der Waals surface area contributed by atoms with Gasteiger partial charge in [-0.15, -0.1) is 11.6 Å². The van der Waals surface area contributed by atoms with Gasteiger partial charge in [0, 0.05) is 5.75 Å². The molecule has 0 unspecified atom stereocenters. The van der Waals surface area contributed by atoms with Crippen molar-refractivity contribution < 1.29 is 21.7 Å². The third-order valence-corrected chi connectivity index (χ3v) is 1.99. The van der Waals surface area contributed by atoms with E-state index < -0.39 is 0 Å². The van der Waals surface area contributed by atoms with Crippen molar-refractivity contribution in [2.24, 2.45) is 5.92 Å². The Labute approximate surface area is 120 Å². The summed E-state index contributed by atoms with van der Waals surface area (Å²) < 4.78 is 5.62. The molecule has 0 aliphatic carbocycles. The predicted octanol–water partition coefficient (Wildman–Crippen LogP) is -0.157. The maximum absolute atomic E-state index is 5.62. The zero-order valence-corrected chi connectivity index (χ0v) is 12.7. The Kier molecular flexibility index (Phi) is 11.2. The minimum absolute atomic E-state index is 0. The van der Waals surface area contributed by atoms with Crippen LogP contribution in [0, 0.1) is 18.9 Å². The van der Waals surface area contributed by atoms with E-state index >= 15 is 0 Å². The van der Waals surface area contributed by atoms with Gasteiger partial charge in [-0.05, 0) is 12.3 Å². The van der Waals surface area contributed by atoms with Gasteiger partial charge in [0.2, 0.25) is 0 Å². The van der Waals surface area contributed by atoms with Crippen molar-refractivity contribution in [3.05, 3.63) is 29.8 Å². The van der Waals surface area contributed by atoms with E-state index in [1.165, 1.54) is 5.56 Å². The summed E-state index contributed by atoms with van der Waals surface area (Å²) >= 11 is 0. The fourth-order valence-electron chi connectivity index (χ4n) is 1.05. The summed E-state index contributed by atoms with van der Waals surface area (Å²) in [7, 11) is 0. The molecule has 0 aromatic heterocycles. The van der Waals surface area contributed by atoms with Crippen LogP contribution in [-0.4, -0.2) is 29.7 Å². The van der Waals surface area contributed by atoms with Crippen molar-refractivity contribution in [2.45, 2.75) is 27.2 Å². The Bertz CT molecular complexity index is 264. The number of halogens is 1. The molecule has 3 heteroatoms. The number of aryl methyl sites for hydroxylation is 1. The molecule has 1 rings (SSSR count). The summed E-state index contributed by atoms with van der Waals surface area (Å²) in [5.41, 5.74) is 1.18. The maximum atomic E-state index is 5.62. The van der Waals surface area contributed by atoms with Gasteiger partial charge in [0.05, 0.1) is 6.61 Å². The predicted molar refractivity (Wildman–Crippen MR) is 60.7 cm³/mol. The molecule has 0 spiro atoms. The first kappa shape index (κ1) is 17.7. The molecule has 1 nitrogen and oxygen atoms in total. The molecule has 1 aromatic rings. The van der Waals surface area contributed by atoms with Crippen LogP contribution in [0.15, 0.2) is 18.2 Å². The number of hydrogen-bond acceptors (Lipinski definition) is 1. The molecule has 0 radical (unpaired) electrons. The first-order valence-corrected chi connectivity index (χ1v) is 4.79. The van der Waals surface area contributed by atoms with Crippen molar-refractivity contribution in [2.75, 3.05) is 6.61 Å². The first-order chi connectivity index (χ1) is 6.20. The Morgan fingerprint density at radius 3 is 2.60 bits per heavy atom. The summed E-state index contributed by atoms with van der Waals surface area (Å²) in [6, 6.07) is 8.84. The minimum atomic E-state index is 0. The number of rotatable bonds is 4. The van der Waals surface area contributed by atoms with Crippen LogP contribution in [0.2, 0.25) is 0 Å². The fraction of sp³-hybridized carbons (Fsp3) is 0.500. The van der Waals surface area contributed by atoms with Crippen LogP contribution in [-0.2, 0) is 0 Å². The van der Waals surface area contributed by atoms with E-state index in [2.05, 4.69) is 26.8 Å². The van der Waals surface area contributed by atoms with Crippen LogP contribution < -0.4 is 21.7 Å². The second-order valence-corrected chi connectivity index (χ2v) is 3.72. The molecule has 0 aliphatic heterocycles. The van der Waals surface area contributed by atoms with Gasteiger partial charge < -0.3 is 21.7 Å². The van der Waals surface area contributed by atoms with Gasteiger partial charge in [0.15, 0.2) is 0 Å². The topological polar surface area (TPSA) is 9.23 Å². The Hall–Kier alpha value is 0.266. The molecule has 0 fully saturated rings. The molecule has 15 heavy (non-hydrogen) atoms. The van der Waals surface area contributed by atoms with Gasteiger partial charge >= 0.3 is 23.1 Å². The van der Waals surface area contributed by atoms with Crippen molar-refractivity contribution in [1.82, 2.24) is 0 Å². The molecule has 0 saturated carbocycles. The Balaban J connectivity index is 0. The Morgan fingerprint density at radius 2 is 2.07 bits per heavy atom. The van der Waals surface area contributed by atoms with Crippen molar-refractivity contribution in [3.8, 4) is 5.75 Å². The second-order valence-electron chi connectivity index (χ2n) is 3.72. The number of benzene rings is 1. The largest absolute Gasteiger partial charge is 2.00 e. The van der Waals surface area contributed by atoms with E-state index in [0.717, 1.165) is 18.8 Å². The van der Waals surface area contributed by atoms with Crippen LogP contribution in [0.25, 0.3) is 0 Å². The van der Waals surface area contributed by atoms with Gasteiger partial charge in [0.1, 0.15) is 0 Å². The smallest absolute Gasteiger partial charge is 1.00 e. The maximum Gasteiger partial charge on any atom is 2.00 e. The summed E-state index contributed by atoms with van der Waals surface area (Å²) in [6.45, 7) is 7.26. The average molecular weight is 281 g/mol. The van der Waals surface area contributed by atoms with Crippen LogP contribution in [0.3, 0.4) is 0 Å². The third kappa shape index (κ3) is 7.20. The quantitative estimate of drug-likeness (QED) is 0.551. The fourth-order valence-corrected chi connectivity index (χ4v) is 1.05. The zero-order valence-electron chi connectivity index (χ0n) is 9.72. The zero-order chi connectivity index (χ0) is 9.68. The van der Waals surface area contributed by atoms with E-state index in [0.29, 0.717) is 5.92 Å². The molecule has 0 amide bonds. The summed E-state index contributed by atoms with van der Waals surface area (Å²) in [4.78, 5) is 0. The molecule has 80 valence electrons. The molecule has 0 N–H and O–H groups in total. The van der Waals surface area contributed by atoms with E-state index in [1.807, 2.05) is 18.2 Å². The number of ether oxygens (including phenoxy) is 1. The monoisotopic (exact) mass is 280 g/mol. The van der Waals surface area contributed by atoms with Crippen LogP contribution in [0.5, 0.6) is 5.75 Å². The normalized spacial score (nSPS) is 9.07. The van der Waals surface area contributed by atoms with Crippen molar-refractivity contribution in [3.63, 3.8) is 0 Å². The van der Waals surface area contributed by atoms with E-state index in [1.54, 1.807) is 0 Å². The molecule has 0 atom stereocenters. The SMILES string of the molecule is Cc1cc[c-]cc1OCCC(C)C.[Br-].[Mg+2]. The summed E-state index contributed by atoms with van der Waals surface area (Å²) in [5, 5.41) is 0. The summed E-state index contributed by atoms with van der Waals surface area (Å²) in [6.07, 6.45) is 1.11. The van der Waals surface area contributed by atoms with E-state index in [9.17, 15) is 0 Å². The van der Waals surface area contributed by atoms with Crippen LogP contribution in [0.4, 0.5) is 0 Å². The van der Waals surface area contributed by atoms with E-state index in [4.69, 9.17) is 4.74 Å². The standard InChI is InChI=1S/C12H17O.BrH.Mg/c1-10(2)8-9-13-12-7-5-4-6-11(12)3;;/h4,6-7,10H,8-9H2,1-3H3;1H;/q-1;;+2/p-1. The molecule has 0 heterocycles. The van der Waals surface area contributed by atoms with Gasteiger partial charge in [-0.3, -0.25) is 0 Å². The van der Waals surface area contributed by atoms with Gasteiger partial charge in [-0.1, -0.05) is 20.8 Å². The second kappa shape index (κ2) is 9.49. The van der Waals surface area contributed by atoms with Crippen LogP contribution >= 0.6 is 0 Å². The third-order valence-electron chi connectivity index (χ3n) is 1.99. The average Bonchev–Trinajstić information content (AvgIpc) is 2.08. The van der Waals surface area contributed by atoms with Gasteiger partial charge in [-0.2, -0.15) is 18.2 Å². The van der Waals surface area contributed by atoms with Gasteiger partial charge in [-0.25, -0.2) is 0 Å². The number of hydrogen-bond donors (Lipinski definition) is 0. The molecular formula is C12H17BrMgO. The van der Waals surface area contributed by atoms with Crippen molar-refractivity contribution >= 4 is 23.1 Å². The molecule has 0 saturated heterocycles. The van der Waals surface area contributed by atoms with Crippen LogP contribution in [0.1, 0.15) is 25.8 Å². The van der Waals surface area contributed by atoms with Crippen molar-refractivity contribution in [1.29, 1.82) is 0 Å².